The molecule has 0 aliphatic heterocycles. The van der Waals surface area contributed by atoms with Crippen molar-refractivity contribution < 1.29 is 4.74 Å². The first-order valence-corrected chi connectivity index (χ1v) is 6.03. The molecule has 0 aliphatic carbocycles. The third-order valence-corrected chi connectivity index (χ3v) is 2.94. The van der Waals surface area contributed by atoms with Gasteiger partial charge < -0.3 is 10.5 Å². The summed E-state index contributed by atoms with van der Waals surface area (Å²) < 4.78 is 7.20. The molecular weight excluding hydrogens is 226 g/mol. The van der Waals surface area contributed by atoms with Crippen LogP contribution in [0.5, 0.6) is 0 Å². The minimum absolute atomic E-state index is 0.0288. The number of aryl methyl sites for hydroxylation is 2. The first-order chi connectivity index (χ1) is 7.60. The van der Waals surface area contributed by atoms with Gasteiger partial charge in [0, 0.05) is 25.6 Å². The molecule has 1 unspecified atom stereocenters. The van der Waals surface area contributed by atoms with E-state index in [4.69, 9.17) is 22.1 Å². The Morgan fingerprint density at radius 1 is 1.50 bits per heavy atom. The molecule has 0 aromatic carbocycles. The molecule has 0 fully saturated rings. The van der Waals surface area contributed by atoms with Crippen molar-refractivity contribution in [3.05, 3.63) is 16.4 Å². The average molecular weight is 246 g/mol. The maximum atomic E-state index is 6.19. The SMILES string of the molecule is CCOCC(N)Cc1c(Cl)c(C)nn1CC. The van der Waals surface area contributed by atoms with Crippen LogP contribution in [0, 0.1) is 6.92 Å². The Morgan fingerprint density at radius 2 is 2.19 bits per heavy atom. The minimum Gasteiger partial charge on any atom is -0.380 e. The maximum absolute atomic E-state index is 6.19. The number of ether oxygens (including phenoxy) is 1. The quantitative estimate of drug-likeness (QED) is 0.831. The molecule has 0 bridgehead atoms. The monoisotopic (exact) mass is 245 g/mol. The van der Waals surface area contributed by atoms with Crippen molar-refractivity contribution in [2.24, 2.45) is 5.73 Å². The lowest BCUT2D eigenvalue weighted by Gasteiger charge is -2.12. The van der Waals surface area contributed by atoms with Gasteiger partial charge in [-0.2, -0.15) is 5.10 Å². The van der Waals surface area contributed by atoms with E-state index >= 15 is 0 Å². The number of rotatable bonds is 6. The standard InChI is InChI=1S/C11H20ClN3O/c1-4-15-10(11(12)8(3)14-15)6-9(13)7-16-5-2/h9H,4-7,13H2,1-3H3. The van der Waals surface area contributed by atoms with Crippen molar-refractivity contribution in [1.29, 1.82) is 0 Å². The molecule has 1 aromatic heterocycles. The van der Waals surface area contributed by atoms with E-state index in [2.05, 4.69) is 5.10 Å². The lowest BCUT2D eigenvalue weighted by molar-refractivity contribution is 0.132. The van der Waals surface area contributed by atoms with Gasteiger partial charge >= 0.3 is 0 Å². The van der Waals surface area contributed by atoms with Crippen molar-refractivity contribution >= 4 is 11.6 Å². The van der Waals surface area contributed by atoms with Gasteiger partial charge in [0.1, 0.15) is 0 Å². The molecule has 2 N–H and O–H groups in total. The highest BCUT2D eigenvalue weighted by molar-refractivity contribution is 6.31. The predicted molar refractivity (Wildman–Crippen MR) is 65.8 cm³/mol. The zero-order valence-electron chi connectivity index (χ0n) is 10.2. The van der Waals surface area contributed by atoms with Crippen LogP contribution in [0.15, 0.2) is 0 Å². The van der Waals surface area contributed by atoms with Crippen molar-refractivity contribution in [2.75, 3.05) is 13.2 Å². The summed E-state index contributed by atoms with van der Waals surface area (Å²) in [5.74, 6) is 0. The van der Waals surface area contributed by atoms with Gasteiger partial charge in [-0.25, -0.2) is 0 Å². The van der Waals surface area contributed by atoms with E-state index in [0.717, 1.165) is 23.0 Å². The summed E-state index contributed by atoms with van der Waals surface area (Å²) in [6.45, 7) is 7.96. The first kappa shape index (κ1) is 13.5. The molecule has 0 amide bonds. The molecule has 1 rings (SSSR count). The van der Waals surface area contributed by atoms with Gasteiger partial charge in [0.15, 0.2) is 0 Å². The van der Waals surface area contributed by atoms with E-state index in [1.54, 1.807) is 0 Å². The highest BCUT2D eigenvalue weighted by Crippen LogP contribution is 2.21. The molecular formula is C11H20ClN3O. The Kier molecular flexibility index (Phi) is 5.25. The van der Waals surface area contributed by atoms with E-state index < -0.39 is 0 Å². The minimum atomic E-state index is -0.0288. The fourth-order valence-electron chi connectivity index (χ4n) is 1.64. The lowest BCUT2D eigenvalue weighted by Crippen LogP contribution is -2.29. The zero-order valence-corrected chi connectivity index (χ0v) is 10.9. The number of halogens is 1. The molecule has 5 heteroatoms. The van der Waals surface area contributed by atoms with Crippen molar-refractivity contribution in [1.82, 2.24) is 9.78 Å². The smallest absolute Gasteiger partial charge is 0.0847 e. The second-order valence-electron chi connectivity index (χ2n) is 3.79. The average Bonchev–Trinajstić information content (AvgIpc) is 2.54. The number of hydrogen-bond donors (Lipinski definition) is 1. The van der Waals surface area contributed by atoms with Crippen LogP contribution >= 0.6 is 11.6 Å². The van der Waals surface area contributed by atoms with Crippen LogP contribution < -0.4 is 5.73 Å². The van der Waals surface area contributed by atoms with E-state index in [9.17, 15) is 0 Å². The molecule has 92 valence electrons. The number of nitrogens with zero attached hydrogens (tertiary/aromatic N) is 2. The van der Waals surface area contributed by atoms with E-state index in [1.807, 2.05) is 25.5 Å². The largest absolute Gasteiger partial charge is 0.380 e. The second-order valence-corrected chi connectivity index (χ2v) is 4.16. The number of nitrogens with two attached hydrogens (primary N) is 1. The van der Waals surface area contributed by atoms with Gasteiger partial charge in [-0.3, -0.25) is 4.68 Å². The van der Waals surface area contributed by atoms with Crippen LogP contribution in [0.4, 0.5) is 0 Å². The Hall–Kier alpha value is -0.580. The summed E-state index contributed by atoms with van der Waals surface area (Å²) in [5, 5.41) is 5.08. The molecule has 1 heterocycles. The molecule has 0 aliphatic rings. The molecule has 16 heavy (non-hydrogen) atoms. The van der Waals surface area contributed by atoms with E-state index in [-0.39, 0.29) is 6.04 Å². The van der Waals surface area contributed by atoms with Gasteiger partial charge in [0.05, 0.1) is 23.0 Å². The Balaban J connectivity index is 2.71. The summed E-state index contributed by atoms with van der Waals surface area (Å²) in [7, 11) is 0. The van der Waals surface area contributed by atoms with Crippen LogP contribution in [0.3, 0.4) is 0 Å². The highest BCUT2D eigenvalue weighted by Gasteiger charge is 2.15. The van der Waals surface area contributed by atoms with Gasteiger partial charge in [-0.1, -0.05) is 11.6 Å². The Bertz CT molecular complexity index is 338. The molecule has 4 nitrogen and oxygen atoms in total. The normalized spacial score (nSPS) is 13.1. The van der Waals surface area contributed by atoms with Gasteiger partial charge in [0.2, 0.25) is 0 Å². The zero-order chi connectivity index (χ0) is 12.1. The molecule has 0 spiro atoms. The molecule has 0 saturated heterocycles. The molecule has 1 atom stereocenters. The second kappa shape index (κ2) is 6.23. The lowest BCUT2D eigenvalue weighted by atomic mass is 10.1. The summed E-state index contributed by atoms with van der Waals surface area (Å²) in [4.78, 5) is 0. The molecule has 1 aromatic rings. The first-order valence-electron chi connectivity index (χ1n) is 5.65. The fraction of sp³-hybridized carbons (Fsp3) is 0.727. The van der Waals surface area contributed by atoms with Gasteiger partial charge in [-0.15, -0.1) is 0 Å². The summed E-state index contributed by atoms with van der Waals surface area (Å²) in [6, 6.07) is -0.0288. The number of hydrogen-bond acceptors (Lipinski definition) is 3. The predicted octanol–water partition coefficient (Wildman–Crippen LogP) is 1.77. The van der Waals surface area contributed by atoms with Gasteiger partial charge in [0.25, 0.3) is 0 Å². The van der Waals surface area contributed by atoms with Gasteiger partial charge in [-0.05, 0) is 20.8 Å². The Morgan fingerprint density at radius 3 is 2.75 bits per heavy atom. The third kappa shape index (κ3) is 3.20. The topological polar surface area (TPSA) is 53.1 Å². The summed E-state index contributed by atoms with van der Waals surface area (Å²) in [6.07, 6.45) is 0.702. The van der Waals surface area contributed by atoms with Crippen molar-refractivity contribution in [3.8, 4) is 0 Å². The highest BCUT2D eigenvalue weighted by atomic mass is 35.5. The summed E-state index contributed by atoms with van der Waals surface area (Å²) in [5.41, 5.74) is 7.84. The van der Waals surface area contributed by atoms with Crippen LogP contribution in [0.1, 0.15) is 25.2 Å². The summed E-state index contributed by atoms with van der Waals surface area (Å²) >= 11 is 6.19. The third-order valence-electron chi connectivity index (χ3n) is 2.44. The fourth-order valence-corrected chi connectivity index (χ4v) is 1.85. The van der Waals surface area contributed by atoms with Crippen LogP contribution in [-0.2, 0) is 17.7 Å². The Labute approximate surface area is 102 Å². The molecule has 0 saturated carbocycles. The molecule has 0 radical (unpaired) electrons. The van der Waals surface area contributed by atoms with Crippen LogP contribution in [0.25, 0.3) is 0 Å². The number of aromatic nitrogens is 2. The maximum Gasteiger partial charge on any atom is 0.0847 e. The van der Waals surface area contributed by atoms with Crippen molar-refractivity contribution in [3.63, 3.8) is 0 Å². The van der Waals surface area contributed by atoms with Crippen LogP contribution in [-0.4, -0.2) is 29.0 Å². The van der Waals surface area contributed by atoms with E-state index in [0.29, 0.717) is 19.6 Å². The van der Waals surface area contributed by atoms with E-state index in [1.165, 1.54) is 0 Å². The van der Waals surface area contributed by atoms with Crippen LogP contribution in [0.2, 0.25) is 5.02 Å². The van der Waals surface area contributed by atoms with Crippen molar-refractivity contribution in [2.45, 2.75) is 39.8 Å².